The van der Waals surface area contributed by atoms with Gasteiger partial charge in [0.2, 0.25) is 0 Å². The predicted octanol–water partition coefficient (Wildman–Crippen LogP) is 2.54. The second-order valence-electron chi connectivity index (χ2n) is 4.61. The molecule has 1 saturated heterocycles. The number of nitrogens with one attached hydrogen (secondary N) is 1. The molecule has 0 saturated carbocycles. The van der Waals surface area contributed by atoms with Crippen LogP contribution in [0.3, 0.4) is 0 Å². The van der Waals surface area contributed by atoms with Gasteiger partial charge in [0.15, 0.2) is 0 Å². The molecule has 1 heterocycles. The van der Waals surface area contributed by atoms with Crippen LogP contribution in [-0.4, -0.2) is 25.2 Å². The topological polar surface area (TPSA) is 15.3 Å². The van der Waals surface area contributed by atoms with Gasteiger partial charge in [-0.1, -0.05) is 6.92 Å². The first-order chi connectivity index (χ1) is 8.11. The number of nitrogens with zero attached hydrogens (tertiary/aromatic N) is 1. The Morgan fingerprint density at radius 3 is 2.88 bits per heavy atom. The Balaban J connectivity index is 2.27. The summed E-state index contributed by atoms with van der Waals surface area (Å²) in [6, 6.07) is 4.15. The van der Waals surface area contributed by atoms with Gasteiger partial charge in [0, 0.05) is 31.2 Å². The standard InChI is InChI=1S/C13H18F2N2/c1-3-11-8-17(9(2)7-16-11)13-6-10(14)4-5-12(13)15/h4-6,9,11,16H,3,7-8H2,1-2H3. The summed E-state index contributed by atoms with van der Waals surface area (Å²) >= 11 is 0. The maximum absolute atomic E-state index is 13.7. The molecular weight excluding hydrogens is 222 g/mol. The molecule has 0 aliphatic carbocycles. The molecule has 2 rings (SSSR count). The summed E-state index contributed by atoms with van der Waals surface area (Å²) < 4.78 is 26.9. The van der Waals surface area contributed by atoms with Crippen LogP contribution in [0.1, 0.15) is 20.3 Å². The third-order valence-electron chi connectivity index (χ3n) is 3.36. The lowest BCUT2D eigenvalue weighted by Crippen LogP contribution is -2.55. The first-order valence-corrected chi connectivity index (χ1v) is 6.07. The Bertz CT molecular complexity index is 395. The van der Waals surface area contributed by atoms with Crippen LogP contribution in [0.4, 0.5) is 14.5 Å². The molecule has 1 aliphatic rings. The van der Waals surface area contributed by atoms with Crippen molar-refractivity contribution in [1.29, 1.82) is 0 Å². The SMILES string of the molecule is CCC1CN(c2cc(F)ccc2F)C(C)CN1. The smallest absolute Gasteiger partial charge is 0.146 e. The molecule has 1 fully saturated rings. The van der Waals surface area contributed by atoms with Crippen LogP contribution in [-0.2, 0) is 0 Å². The fourth-order valence-corrected chi connectivity index (χ4v) is 2.24. The first-order valence-electron chi connectivity index (χ1n) is 6.07. The average molecular weight is 240 g/mol. The van der Waals surface area contributed by atoms with Gasteiger partial charge in [-0.05, 0) is 25.5 Å². The molecule has 0 amide bonds. The Labute approximate surface area is 101 Å². The van der Waals surface area contributed by atoms with Gasteiger partial charge in [0.25, 0.3) is 0 Å². The fourth-order valence-electron chi connectivity index (χ4n) is 2.24. The summed E-state index contributed by atoms with van der Waals surface area (Å²) in [6.45, 7) is 5.63. The van der Waals surface area contributed by atoms with Gasteiger partial charge in [-0.2, -0.15) is 0 Å². The number of piperazine rings is 1. The summed E-state index contributed by atoms with van der Waals surface area (Å²) in [5, 5.41) is 3.39. The lowest BCUT2D eigenvalue weighted by Gasteiger charge is -2.40. The van der Waals surface area contributed by atoms with Crippen molar-refractivity contribution in [2.75, 3.05) is 18.0 Å². The van der Waals surface area contributed by atoms with Crippen molar-refractivity contribution in [2.24, 2.45) is 0 Å². The summed E-state index contributed by atoms with van der Waals surface area (Å²) in [5.74, 6) is -0.741. The van der Waals surface area contributed by atoms with E-state index in [0.717, 1.165) is 25.6 Å². The van der Waals surface area contributed by atoms with Crippen LogP contribution >= 0.6 is 0 Å². The lowest BCUT2D eigenvalue weighted by molar-refractivity contribution is 0.393. The Morgan fingerprint density at radius 2 is 2.18 bits per heavy atom. The highest BCUT2D eigenvalue weighted by molar-refractivity contribution is 5.49. The van der Waals surface area contributed by atoms with E-state index < -0.39 is 0 Å². The minimum atomic E-state index is -0.389. The van der Waals surface area contributed by atoms with Crippen LogP contribution in [0.2, 0.25) is 0 Å². The number of rotatable bonds is 2. The van der Waals surface area contributed by atoms with Crippen LogP contribution in [0.15, 0.2) is 18.2 Å². The Kier molecular flexibility index (Phi) is 3.62. The van der Waals surface area contributed by atoms with Crippen molar-refractivity contribution >= 4 is 5.69 Å². The van der Waals surface area contributed by atoms with Crippen molar-refractivity contribution in [3.63, 3.8) is 0 Å². The zero-order valence-corrected chi connectivity index (χ0v) is 10.2. The van der Waals surface area contributed by atoms with Crippen molar-refractivity contribution in [3.05, 3.63) is 29.8 Å². The molecule has 0 radical (unpaired) electrons. The third-order valence-corrected chi connectivity index (χ3v) is 3.36. The van der Waals surface area contributed by atoms with Gasteiger partial charge in [-0.25, -0.2) is 8.78 Å². The monoisotopic (exact) mass is 240 g/mol. The molecule has 94 valence electrons. The minimum Gasteiger partial charge on any atom is -0.364 e. The summed E-state index contributed by atoms with van der Waals surface area (Å²) in [4.78, 5) is 1.95. The molecular formula is C13H18F2N2. The van der Waals surface area contributed by atoms with E-state index in [4.69, 9.17) is 0 Å². The summed E-state index contributed by atoms with van der Waals surface area (Å²) in [5.41, 5.74) is 0.373. The number of anilines is 1. The quantitative estimate of drug-likeness (QED) is 0.854. The van der Waals surface area contributed by atoms with E-state index >= 15 is 0 Å². The first kappa shape index (κ1) is 12.3. The van der Waals surface area contributed by atoms with E-state index in [-0.39, 0.29) is 17.7 Å². The van der Waals surface area contributed by atoms with E-state index in [1.54, 1.807) is 0 Å². The second-order valence-corrected chi connectivity index (χ2v) is 4.61. The van der Waals surface area contributed by atoms with Gasteiger partial charge in [-0.15, -0.1) is 0 Å². The summed E-state index contributed by atoms with van der Waals surface area (Å²) in [7, 11) is 0. The average Bonchev–Trinajstić information content (AvgIpc) is 2.33. The molecule has 1 aromatic rings. The lowest BCUT2D eigenvalue weighted by atomic mass is 10.1. The highest BCUT2D eigenvalue weighted by atomic mass is 19.1. The van der Waals surface area contributed by atoms with E-state index in [0.29, 0.717) is 11.7 Å². The van der Waals surface area contributed by atoms with Crippen molar-refractivity contribution in [3.8, 4) is 0 Å². The Morgan fingerprint density at radius 1 is 1.41 bits per heavy atom. The molecule has 4 heteroatoms. The fraction of sp³-hybridized carbons (Fsp3) is 0.538. The zero-order valence-electron chi connectivity index (χ0n) is 10.2. The molecule has 1 aliphatic heterocycles. The normalized spacial score (nSPS) is 25.1. The second kappa shape index (κ2) is 5.00. The number of benzene rings is 1. The van der Waals surface area contributed by atoms with Gasteiger partial charge < -0.3 is 10.2 Å². The number of halogens is 2. The van der Waals surface area contributed by atoms with Crippen molar-refractivity contribution in [2.45, 2.75) is 32.4 Å². The highest BCUT2D eigenvalue weighted by Crippen LogP contribution is 2.24. The number of hydrogen-bond acceptors (Lipinski definition) is 2. The molecule has 0 bridgehead atoms. The molecule has 17 heavy (non-hydrogen) atoms. The minimum absolute atomic E-state index is 0.175. The van der Waals surface area contributed by atoms with Gasteiger partial charge >= 0.3 is 0 Å². The molecule has 0 aromatic heterocycles. The van der Waals surface area contributed by atoms with Crippen molar-refractivity contribution in [1.82, 2.24) is 5.32 Å². The van der Waals surface area contributed by atoms with Crippen LogP contribution in [0, 0.1) is 11.6 Å². The molecule has 0 spiro atoms. The van der Waals surface area contributed by atoms with Gasteiger partial charge in [0.05, 0.1) is 5.69 Å². The largest absolute Gasteiger partial charge is 0.364 e. The molecule has 1 aromatic carbocycles. The molecule has 2 unspecified atom stereocenters. The number of hydrogen-bond donors (Lipinski definition) is 1. The van der Waals surface area contributed by atoms with Gasteiger partial charge in [-0.3, -0.25) is 0 Å². The van der Waals surface area contributed by atoms with Crippen LogP contribution in [0.25, 0.3) is 0 Å². The Hall–Kier alpha value is -1.16. The maximum Gasteiger partial charge on any atom is 0.146 e. The molecule has 1 N–H and O–H groups in total. The zero-order chi connectivity index (χ0) is 12.4. The van der Waals surface area contributed by atoms with Crippen molar-refractivity contribution < 1.29 is 8.78 Å². The van der Waals surface area contributed by atoms with Crippen LogP contribution < -0.4 is 10.2 Å². The van der Waals surface area contributed by atoms with E-state index in [1.165, 1.54) is 12.1 Å². The predicted molar refractivity (Wildman–Crippen MR) is 65.2 cm³/mol. The van der Waals surface area contributed by atoms with E-state index in [2.05, 4.69) is 12.2 Å². The molecule has 2 nitrogen and oxygen atoms in total. The van der Waals surface area contributed by atoms with Crippen LogP contribution in [0.5, 0.6) is 0 Å². The summed E-state index contributed by atoms with van der Waals surface area (Å²) in [6.07, 6.45) is 0.986. The van der Waals surface area contributed by atoms with Gasteiger partial charge in [0.1, 0.15) is 11.6 Å². The highest BCUT2D eigenvalue weighted by Gasteiger charge is 2.26. The van der Waals surface area contributed by atoms with E-state index in [1.807, 2.05) is 11.8 Å². The van der Waals surface area contributed by atoms with E-state index in [9.17, 15) is 8.78 Å². The molecule has 2 atom stereocenters. The third kappa shape index (κ3) is 2.57. The maximum atomic E-state index is 13.7.